The minimum absolute atomic E-state index is 0.0950. The van der Waals surface area contributed by atoms with Crippen LogP contribution in [0.25, 0.3) is 10.8 Å². The Hall–Kier alpha value is -3.08. The molecule has 2 aromatic carbocycles. The van der Waals surface area contributed by atoms with Crippen LogP contribution in [0.3, 0.4) is 0 Å². The second-order valence-electron chi connectivity index (χ2n) is 6.03. The number of carboxylic acid groups (broad SMARTS) is 1. The van der Waals surface area contributed by atoms with Crippen LogP contribution in [0, 0.1) is 0 Å². The molecule has 3 aromatic rings. The number of benzene rings is 2. The standard InChI is InChI=1S/C20H19NO4/c1-2-20(19(23)24,21-18(22)17-8-5-11-25-17)13-14-9-10-15-6-3-4-7-16(15)12-14/h3-12H,2,13H2,1H3,(H,21,22)(H,23,24)/t20-/m0/s1. The Morgan fingerprint density at radius 1 is 1.08 bits per heavy atom. The highest BCUT2D eigenvalue weighted by Crippen LogP contribution is 2.23. The van der Waals surface area contributed by atoms with Crippen LogP contribution >= 0.6 is 0 Å². The average Bonchev–Trinajstić information content (AvgIpc) is 3.15. The fourth-order valence-corrected chi connectivity index (χ4v) is 2.92. The van der Waals surface area contributed by atoms with Crippen molar-refractivity contribution in [1.29, 1.82) is 0 Å². The largest absolute Gasteiger partial charge is 0.479 e. The Morgan fingerprint density at radius 2 is 1.84 bits per heavy atom. The van der Waals surface area contributed by atoms with E-state index in [1.165, 1.54) is 12.3 Å². The highest BCUT2D eigenvalue weighted by Gasteiger charge is 2.39. The van der Waals surface area contributed by atoms with Crippen molar-refractivity contribution in [2.75, 3.05) is 0 Å². The molecule has 128 valence electrons. The fraction of sp³-hybridized carbons (Fsp3) is 0.200. The van der Waals surface area contributed by atoms with Crippen LogP contribution < -0.4 is 5.32 Å². The molecule has 0 aliphatic carbocycles. The summed E-state index contributed by atoms with van der Waals surface area (Å²) in [4.78, 5) is 24.3. The predicted molar refractivity (Wildman–Crippen MR) is 94.5 cm³/mol. The summed E-state index contributed by atoms with van der Waals surface area (Å²) in [6, 6.07) is 16.8. The Kier molecular flexibility index (Phi) is 4.57. The summed E-state index contributed by atoms with van der Waals surface area (Å²) in [5.74, 6) is -1.50. The zero-order valence-electron chi connectivity index (χ0n) is 13.9. The molecule has 3 rings (SSSR count). The van der Waals surface area contributed by atoms with Crippen LogP contribution in [0.15, 0.2) is 65.3 Å². The molecule has 1 amide bonds. The van der Waals surface area contributed by atoms with Crippen LogP contribution in [-0.2, 0) is 11.2 Å². The number of carbonyl (C=O) groups excluding carboxylic acids is 1. The number of aliphatic carboxylic acids is 1. The van der Waals surface area contributed by atoms with Gasteiger partial charge in [0.1, 0.15) is 5.54 Å². The maximum atomic E-state index is 12.3. The van der Waals surface area contributed by atoms with Gasteiger partial charge >= 0.3 is 5.97 Å². The third-order valence-electron chi connectivity index (χ3n) is 4.43. The lowest BCUT2D eigenvalue weighted by Crippen LogP contribution is -2.55. The van der Waals surface area contributed by atoms with Crippen LogP contribution in [0.5, 0.6) is 0 Å². The maximum absolute atomic E-state index is 12.3. The lowest BCUT2D eigenvalue weighted by Gasteiger charge is -2.29. The van der Waals surface area contributed by atoms with Gasteiger partial charge < -0.3 is 14.8 Å². The number of furan rings is 1. The highest BCUT2D eigenvalue weighted by atomic mass is 16.4. The molecule has 1 aromatic heterocycles. The first kappa shape index (κ1) is 16.8. The number of nitrogens with one attached hydrogen (secondary N) is 1. The molecule has 2 N–H and O–H groups in total. The Morgan fingerprint density at radius 3 is 2.48 bits per heavy atom. The second-order valence-corrected chi connectivity index (χ2v) is 6.03. The van der Waals surface area contributed by atoms with Gasteiger partial charge in [-0.1, -0.05) is 49.4 Å². The summed E-state index contributed by atoms with van der Waals surface area (Å²) in [6.07, 6.45) is 1.82. The predicted octanol–water partition coefficient (Wildman–Crippen LogP) is 3.64. The van der Waals surface area contributed by atoms with Crippen LogP contribution in [0.2, 0.25) is 0 Å². The molecule has 0 fully saturated rings. The number of fused-ring (bicyclic) bond motifs is 1. The van der Waals surface area contributed by atoms with Gasteiger partial charge in [-0.2, -0.15) is 0 Å². The molecule has 5 heteroatoms. The lowest BCUT2D eigenvalue weighted by atomic mass is 9.87. The first-order valence-corrected chi connectivity index (χ1v) is 8.11. The summed E-state index contributed by atoms with van der Waals surface area (Å²) < 4.78 is 5.07. The maximum Gasteiger partial charge on any atom is 0.329 e. The molecule has 0 saturated heterocycles. The van der Waals surface area contributed by atoms with E-state index in [0.29, 0.717) is 0 Å². The van der Waals surface area contributed by atoms with Gasteiger partial charge in [0, 0.05) is 6.42 Å². The van der Waals surface area contributed by atoms with Crippen molar-refractivity contribution >= 4 is 22.6 Å². The molecule has 0 saturated carbocycles. The molecule has 1 heterocycles. The van der Waals surface area contributed by atoms with Crippen molar-refractivity contribution in [2.45, 2.75) is 25.3 Å². The summed E-state index contributed by atoms with van der Waals surface area (Å²) in [6.45, 7) is 1.75. The van der Waals surface area contributed by atoms with E-state index in [1.807, 2.05) is 42.5 Å². The van der Waals surface area contributed by atoms with Gasteiger partial charge in [0.2, 0.25) is 0 Å². The minimum Gasteiger partial charge on any atom is -0.479 e. The summed E-state index contributed by atoms with van der Waals surface area (Å²) >= 11 is 0. The van der Waals surface area contributed by atoms with Crippen LogP contribution in [0.1, 0.15) is 29.5 Å². The Bertz CT molecular complexity index is 901. The summed E-state index contributed by atoms with van der Waals surface area (Å²) in [5, 5.41) is 14.6. The lowest BCUT2D eigenvalue weighted by molar-refractivity contribution is -0.144. The van der Waals surface area contributed by atoms with Crippen molar-refractivity contribution in [3.63, 3.8) is 0 Å². The Balaban J connectivity index is 1.91. The first-order chi connectivity index (χ1) is 12.0. The third-order valence-corrected chi connectivity index (χ3v) is 4.43. The van der Waals surface area contributed by atoms with E-state index in [2.05, 4.69) is 5.32 Å². The minimum atomic E-state index is -1.40. The number of carboxylic acids is 1. The fourth-order valence-electron chi connectivity index (χ4n) is 2.92. The van der Waals surface area contributed by atoms with Crippen molar-refractivity contribution in [3.8, 4) is 0 Å². The van der Waals surface area contributed by atoms with E-state index in [9.17, 15) is 14.7 Å². The molecule has 0 unspecified atom stereocenters. The first-order valence-electron chi connectivity index (χ1n) is 8.11. The van der Waals surface area contributed by atoms with E-state index in [4.69, 9.17) is 4.42 Å². The second kappa shape index (κ2) is 6.81. The topological polar surface area (TPSA) is 79.5 Å². The molecule has 5 nitrogen and oxygen atoms in total. The van der Waals surface area contributed by atoms with Gasteiger partial charge in [0.15, 0.2) is 5.76 Å². The van der Waals surface area contributed by atoms with Gasteiger partial charge in [0.25, 0.3) is 5.91 Å². The van der Waals surface area contributed by atoms with E-state index in [1.54, 1.807) is 13.0 Å². The van der Waals surface area contributed by atoms with Gasteiger partial charge in [-0.15, -0.1) is 0 Å². The van der Waals surface area contributed by atoms with Gasteiger partial charge in [-0.25, -0.2) is 4.79 Å². The van der Waals surface area contributed by atoms with Gasteiger partial charge in [0.05, 0.1) is 6.26 Å². The smallest absolute Gasteiger partial charge is 0.329 e. The number of rotatable bonds is 6. The van der Waals surface area contributed by atoms with Crippen LogP contribution in [-0.4, -0.2) is 22.5 Å². The molecule has 0 aliphatic rings. The van der Waals surface area contributed by atoms with E-state index in [-0.39, 0.29) is 18.6 Å². The highest BCUT2D eigenvalue weighted by molar-refractivity contribution is 5.96. The molecular formula is C20H19NO4. The summed E-state index contributed by atoms with van der Waals surface area (Å²) in [5.41, 5.74) is -0.547. The number of amides is 1. The quantitative estimate of drug-likeness (QED) is 0.720. The number of carbonyl (C=O) groups is 2. The number of hydrogen-bond donors (Lipinski definition) is 2. The van der Waals surface area contributed by atoms with Gasteiger partial charge in [-0.3, -0.25) is 4.79 Å². The monoisotopic (exact) mass is 337 g/mol. The van der Waals surface area contributed by atoms with Crippen molar-refractivity contribution < 1.29 is 19.1 Å². The molecular weight excluding hydrogens is 318 g/mol. The zero-order chi connectivity index (χ0) is 17.9. The molecule has 0 spiro atoms. The van der Waals surface area contributed by atoms with Gasteiger partial charge in [-0.05, 0) is 34.9 Å². The van der Waals surface area contributed by atoms with Crippen molar-refractivity contribution in [2.24, 2.45) is 0 Å². The van der Waals surface area contributed by atoms with Crippen molar-refractivity contribution in [1.82, 2.24) is 5.32 Å². The zero-order valence-corrected chi connectivity index (χ0v) is 13.9. The molecule has 25 heavy (non-hydrogen) atoms. The molecule has 0 radical (unpaired) electrons. The molecule has 0 bridgehead atoms. The number of hydrogen-bond acceptors (Lipinski definition) is 3. The van der Waals surface area contributed by atoms with E-state index < -0.39 is 17.4 Å². The van der Waals surface area contributed by atoms with Crippen LogP contribution in [0.4, 0.5) is 0 Å². The average molecular weight is 337 g/mol. The van der Waals surface area contributed by atoms with Crippen molar-refractivity contribution in [3.05, 3.63) is 72.2 Å². The van der Waals surface area contributed by atoms with E-state index in [0.717, 1.165) is 16.3 Å². The summed E-state index contributed by atoms with van der Waals surface area (Å²) in [7, 11) is 0. The Labute approximate surface area is 145 Å². The normalized spacial score (nSPS) is 13.3. The SMILES string of the molecule is CC[C@@](Cc1ccc2ccccc2c1)(NC(=O)c1ccco1)C(=O)O. The molecule has 0 aliphatic heterocycles. The molecule has 1 atom stereocenters. The third kappa shape index (κ3) is 3.40. The van der Waals surface area contributed by atoms with E-state index >= 15 is 0 Å².